The minimum atomic E-state index is -1.05. The van der Waals surface area contributed by atoms with E-state index in [4.69, 9.17) is 4.42 Å². The highest BCUT2D eigenvalue weighted by Crippen LogP contribution is 2.22. The molecule has 1 heterocycles. The molecule has 0 saturated heterocycles. The van der Waals surface area contributed by atoms with E-state index in [9.17, 15) is 14.7 Å². The Morgan fingerprint density at radius 2 is 1.95 bits per heavy atom. The molecule has 116 valence electrons. The third-order valence-corrected chi connectivity index (χ3v) is 3.82. The van der Waals surface area contributed by atoms with Gasteiger partial charge in [-0.05, 0) is 34.5 Å². The van der Waals surface area contributed by atoms with Crippen LogP contribution in [0.1, 0.15) is 21.7 Å². The number of hydrogen-bond acceptors (Lipinski definition) is 3. The van der Waals surface area contributed by atoms with Crippen molar-refractivity contribution in [3.8, 4) is 0 Å². The van der Waals surface area contributed by atoms with Crippen molar-refractivity contribution < 1.29 is 19.1 Å². The molecule has 1 aromatic heterocycles. The summed E-state index contributed by atoms with van der Waals surface area (Å²) in [6, 6.07) is 9.92. The molecule has 0 aliphatic heterocycles. The molecule has 1 amide bonds. The van der Waals surface area contributed by atoms with Crippen molar-refractivity contribution in [2.24, 2.45) is 0 Å². The van der Waals surface area contributed by atoms with E-state index in [1.54, 1.807) is 13.0 Å². The molecular weight excluding hydrogens is 350 g/mol. The van der Waals surface area contributed by atoms with Gasteiger partial charge in [-0.3, -0.25) is 4.79 Å². The Morgan fingerprint density at radius 3 is 2.45 bits per heavy atom. The molecule has 1 atom stereocenters. The first-order valence-corrected chi connectivity index (χ1v) is 7.49. The number of rotatable bonds is 5. The van der Waals surface area contributed by atoms with Crippen LogP contribution in [0.2, 0.25) is 0 Å². The Balaban J connectivity index is 2.23. The minimum Gasteiger partial charge on any atom is -0.480 e. The summed E-state index contributed by atoms with van der Waals surface area (Å²) in [5.74, 6) is -1.36. The molecule has 5 nitrogen and oxygen atoms in total. The van der Waals surface area contributed by atoms with Crippen LogP contribution < -0.4 is 0 Å². The van der Waals surface area contributed by atoms with Crippen LogP contribution in [0.3, 0.4) is 0 Å². The number of carboxylic acid groups (broad SMARTS) is 1. The minimum absolute atomic E-state index is 0.147. The van der Waals surface area contributed by atoms with Gasteiger partial charge in [0.25, 0.3) is 5.91 Å². The summed E-state index contributed by atoms with van der Waals surface area (Å²) in [6.45, 7) is 1.74. The highest BCUT2D eigenvalue weighted by Gasteiger charge is 2.30. The van der Waals surface area contributed by atoms with Gasteiger partial charge in [0.15, 0.2) is 10.4 Å². The first-order valence-electron chi connectivity index (χ1n) is 6.70. The number of amides is 1. The maximum Gasteiger partial charge on any atom is 0.326 e. The van der Waals surface area contributed by atoms with Crippen LogP contribution in [0.4, 0.5) is 0 Å². The van der Waals surface area contributed by atoms with Crippen molar-refractivity contribution in [2.75, 3.05) is 7.05 Å². The summed E-state index contributed by atoms with van der Waals surface area (Å²) in [4.78, 5) is 25.2. The van der Waals surface area contributed by atoms with Gasteiger partial charge < -0.3 is 14.4 Å². The van der Waals surface area contributed by atoms with E-state index in [1.165, 1.54) is 11.9 Å². The molecule has 0 saturated carbocycles. The fourth-order valence-corrected chi connectivity index (χ4v) is 2.69. The quantitative estimate of drug-likeness (QED) is 0.883. The first-order chi connectivity index (χ1) is 10.4. The number of aliphatic carboxylic acids is 1. The van der Waals surface area contributed by atoms with Gasteiger partial charge in [0, 0.05) is 19.0 Å². The number of benzene rings is 1. The highest BCUT2D eigenvalue weighted by molar-refractivity contribution is 9.10. The Morgan fingerprint density at radius 1 is 1.32 bits per heavy atom. The number of likely N-dealkylation sites (N-methyl/N-ethyl adjacent to an activating group) is 1. The molecule has 2 rings (SSSR count). The van der Waals surface area contributed by atoms with Crippen molar-refractivity contribution >= 4 is 27.8 Å². The average Bonchev–Trinajstić information content (AvgIpc) is 2.82. The monoisotopic (exact) mass is 365 g/mol. The number of furan rings is 1. The van der Waals surface area contributed by atoms with Crippen LogP contribution in [0.15, 0.2) is 45.5 Å². The fourth-order valence-electron chi connectivity index (χ4n) is 2.18. The first kappa shape index (κ1) is 16.3. The topological polar surface area (TPSA) is 70.8 Å². The smallest absolute Gasteiger partial charge is 0.326 e. The number of hydrogen-bond donors (Lipinski definition) is 1. The van der Waals surface area contributed by atoms with Crippen molar-refractivity contribution in [3.05, 3.63) is 58.0 Å². The normalized spacial score (nSPS) is 12.0. The lowest BCUT2D eigenvalue weighted by molar-refractivity contribution is -0.141. The predicted octanol–water partition coefficient (Wildman–Crippen LogP) is 3.12. The molecule has 2 aromatic rings. The number of carboxylic acids is 1. The largest absolute Gasteiger partial charge is 0.480 e. The zero-order chi connectivity index (χ0) is 16.3. The maximum absolute atomic E-state index is 12.5. The molecule has 1 N–H and O–H groups in total. The second kappa shape index (κ2) is 6.79. The zero-order valence-corrected chi connectivity index (χ0v) is 13.8. The molecule has 1 unspecified atom stereocenters. The van der Waals surface area contributed by atoms with Crippen LogP contribution in [-0.4, -0.2) is 35.0 Å². The van der Waals surface area contributed by atoms with Crippen molar-refractivity contribution in [1.29, 1.82) is 0 Å². The van der Waals surface area contributed by atoms with E-state index in [-0.39, 0.29) is 12.2 Å². The highest BCUT2D eigenvalue weighted by atomic mass is 79.9. The standard InChI is InChI=1S/C16H16BrNO4/c1-10-8-13(17)22-14(10)15(19)18(2)12(16(20)21)9-11-6-4-3-5-7-11/h3-8,12H,9H2,1-2H3,(H,20,21). The summed E-state index contributed by atoms with van der Waals surface area (Å²) >= 11 is 3.17. The number of carbonyl (C=O) groups excluding carboxylic acids is 1. The third kappa shape index (κ3) is 3.57. The van der Waals surface area contributed by atoms with Gasteiger partial charge in [-0.25, -0.2) is 4.79 Å². The second-order valence-electron chi connectivity index (χ2n) is 5.02. The van der Waals surface area contributed by atoms with Crippen molar-refractivity contribution in [3.63, 3.8) is 0 Å². The number of aryl methyl sites for hydroxylation is 1. The van der Waals surface area contributed by atoms with E-state index in [0.29, 0.717) is 10.2 Å². The van der Waals surface area contributed by atoms with E-state index in [0.717, 1.165) is 5.56 Å². The number of halogens is 1. The molecule has 6 heteroatoms. The van der Waals surface area contributed by atoms with E-state index in [2.05, 4.69) is 15.9 Å². The predicted molar refractivity (Wildman–Crippen MR) is 84.8 cm³/mol. The summed E-state index contributed by atoms with van der Waals surface area (Å²) in [6.07, 6.45) is 0.235. The Kier molecular flexibility index (Phi) is 5.03. The Hall–Kier alpha value is -2.08. The van der Waals surface area contributed by atoms with Crippen LogP contribution in [-0.2, 0) is 11.2 Å². The van der Waals surface area contributed by atoms with Gasteiger partial charge in [-0.15, -0.1) is 0 Å². The van der Waals surface area contributed by atoms with Crippen LogP contribution in [0, 0.1) is 6.92 Å². The lowest BCUT2D eigenvalue weighted by atomic mass is 10.0. The molecule has 0 bridgehead atoms. The maximum atomic E-state index is 12.5. The molecule has 0 aliphatic carbocycles. The van der Waals surface area contributed by atoms with Gasteiger partial charge in [0.2, 0.25) is 0 Å². The lowest BCUT2D eigenvalue weighted by Gasteiger charge is -2.24. The van der Waals surface area contributed by atoms with Crippen molar-refractivity contribution in [2.45, 2.75) is 19.4 Å². The molecule has 1 aromatic carbocycles. The molecular formula is C16H16BrNO4. The van der Waals surface area contributed by atoms with Crippen LogP contribution >= 0.6 is 15.9 Å². The number of carbonyl (C=O) groups is 2. The Bertz CT molecular complexity index is 681. The number of nitrogens with zero attached hydrogens (tertiary/aromatic N) is 1. The third-order valence-electron chi connectivity index (χ3n) is 3.43. The van der Waals surface area contributed by atoms with Gasteiger partial charge in [-0.2, -0.15) is 0 Å². The van der Waals surface area contributed by atoms with E-state index < -0.39 is 17.9 Å². The second-order valence-corrected chi connectivity index (χ2v) is 5.80. The van der Waals surface area contributed by atoms with Crippen molar-refractivity contribution in [1.82, 2.24) is 4.90 Å². The summed E-state index contributed by atoms with van der Waals surface area (Å²) in [5, 5.41) is 9.44. The molecule has 0 fully saturated rings. The van der Waals surface area contributed by atoms with E-state index >= 15 is 0 Å². The molecule has 0 spiro atoms. The van der Waals surface area contributed by atoms with Gasteiger partial charge in [-0.1, -0.05) is 30.3 Å². The summed E-state index contributed by atoms with van der Waals surface area (Å²) in [7, 11) is 1.47. The SMILES string of the molecule is Cc1cc(Br)oc1C(=O)N(C)C(Cc1ccccc1)C(=O)O. The molecule has 0 aliphatic rings. The Labute approximate surface area is 136 Å². The van der Waals surface area contributed by atoms with E-state index in [1.807, 2.05) is 30.3 Å². The van der Waals surface area contributed by atoms with Gasteiger partial charge in [0.1, 0.15) is 6.04 Å². The van der Waals surface area contributed by atoms with Crippen LogP contribution in [0.25, 0.3) is 0 Å². The fraction of sp³-hybridized carbons (Fsp3) is 0.250. The van der Waals surface area contributed by atoms with Gasteiger partial charge >= 0.3 is 5.97 Å². The summed E-state index contributed by atoms with van der Waals surface area (Å²) in [5.41, 5.74) is 1.51. The van der Waals surface area contributed by atoms with Crippen LogP contribution in [0.5, 0.6) is 0 Å². The molecule has 0 radical (unpaired) electrons. The van der Waals surface area contributed by atoms with Gasteiger partial charge in [0.05, 0.1) is 0 Å². The average molecular weight is 366 g/mol. The molecule has 22 heavy (non-hydrogen) atoms. The lowest BCUT2D eigenvalue weighted by Crippen LogP contribution is -2.43. The summed E-state index contributed by atoms with van der Waals surface area (Å²) < 4.78 is 5.75. The zero-order valence-electron chi connectivity index (χ0n) is 12.2.